The first-order chi connectivity index (χ1) is 2.00. The van der Waals surface area contributed by atoms with Crippen LogP contribution in [0.3, 0.4) is 0 Å². The average molecular weight is 154 g/mol. The third kappa shape index (κ3) is 72.2. The Hall–Kier alpha value is 1.99. The van der Waals surface area contributed by atoms with Gasteiger partial charge in [0.05, 0.1) is 0 Å². The fraction of sp³-hybridized carbons (Fsp3) is 0. The molecular weight excluding hydrogens is 150 g/mol. The predicted molar refractivity (Wildman–Crippen MR) is 19.1 cm³/mol. The van der Waals surface area contributed by atoms with Gasteiger partial charge in [-0.2, -0.15) is 0 Å². The maximum Gasteiger partial charge on any atom is 1.00 e. The third-order valence-corrected chi connectivity index (χ3v) is 0. The molecule has 0 saturated heterocycles. The number of hydrogen-bond donors (Lipinski definition) is 0. The van der Waals surface area contributed by atoms with E-state index in [0.29, 0.717) is 20.3 Å². The molecule has 0 aliphatic heterocycles. The van der Waals surface area contributed by atoms with Gasteiger partial charge < -0.3 is 14.4 Å². The van der Waals surface area contributed by atoms with Crippen molar-refractivity contribution in [3.05, 3.63) is 0 Å². The van der Waals surface area contributed by atoms with Gasteiger partial charge in [0, 0.05) is 0 Å². The van der Waals surface area contributed by atoms with Crippen LogP contribution in [0.15, 0.2) is 0 Å². The predicted octanol–water partition coefficient (Wildman–Crippen LogP) is -8.18. The van der Waals surface area contributed by atoms with E-state index in [9.17, 15) is 0 Å². The van der Waals surface area contributed by atoms with Gasteiger partial charge in [0.15, 0.2) is 0 Å². The van der Waals surface area contributed by atoms with Crippen molar-refractivity contribution in [1.82, 2.24) is 0 Å². The molecule has 3 nitrogen and oxygen atoms in total. The molecule has 0 saturated carbocycles. The van der Waals surface area contributed by atoms with Crippen molar-refractivity contribution in [3.8, 4) is 0 Å². The molecule has 7 heteroatoms. The zero-order chi connectivity index (χ0) is 4.00. The molecule has 0 N–H and O–H groups in total. The molecule has 0 amide bonds. The quantitative estimate of drug-likeness (QED) is 0.325. The van der Waals surface area contributed by atoms with Gasteiger partial charge in [-0.1, -0.05) is 0 Å². The Morgan fingerprint density at radius 1 is 0.714 bits per heavy atom. The molecule has 0 radical (unpaired) electrons. The Morgan fingerprint density at radius 3 is 0.714 bits per heavy atom. The molecule has 0 aromatic heterocycles. The van der Waals surface area contributed by atoms with Crippen molar-refractivity contribution in [2.45, 2.75) is 0 Å². The van der Waals surface area contributed by atoms with E-state index in [0.717, 1.165) is 0 Å². The second-order valence-corrected chi connectivity index (χ2v) is 0. The van der Waals surface area contributed by atoms with Crippen molar-refractivity contribution < 1.29 is 73.5 Å². The normalized spacial score (nSPS) is 1.14. The van der Waals surface area contributed by atoms with Crippen LogP contribution in [0.1, 0.15) is 0 Å². The van der Waals surface area contributed by atoms with E-state index in [1.54, 1.807) is 0 Å². The molecule has 0 aliphatic rings. The van der Waals surface area contributed by atoms with Crippen molar-refractivity contribution >= 4 is 20.3 Å². The summed E-state index contributed by atoms with van der Waals surface area (Å²) < 4.78 is 16.6. The van der Waals surface area contributed by atoms with Gasteiger partial charge in [0.25, 0.3) is 0 Å². The summed E-state index contributed by atoms with van der Waals surface area (Å²) in [7, 11) is 1.22. The van der Waals surface area contributed by atoms with Crippen molar-refractivity contribution in [2.75, 3.05) is 0 Å². The van der Waals surface area contributed by atoms with E-state index in [2.05, 4.69) is 0 Å². The van der Waals surface area contributed by atoms with Gasteiger partial charge >= 0.3 is 59.1 Å². The Kier molecular flexibility index (Phi) is 506. The summed E-state index contributed by atoms with van der Waals surface area (Å²) in [6.45, 7) is 0. The Morgan fingerprint density at radius 2 is 0.714 bits per heavy atom. The van der Waals surface area contributed by atoms with Gasteiger partial charge in [-0.3, -0.25) is 0 Å². The second-order valence-electron chi connectivity index (χ2n) is 0. The molecular formula is H4Na2O3Si2. The molecule has 0 bridgehead atoms. The summed E-state index contributed by atoms with van der Waals surface area (Å²) in [5.41, 5.74) is 0. The van der Waals surface area contributed by atoms with Crippen molar-refractivity contribution in [1.29, 1.82) is 0 Å². The van der Waals surface area contributed by atoms with E-state index < -0.39 is 0 Å². The summed E-state index contributed by atoms with van der Waals surface area (Å²) in [5.74, 6) is 0. The third-order valence-electron chi connectivity index (χ3n) is 0. The van der Waals surface area contributed by atoms with Gasteiger partial charge in [0.1, 0.15) is 0 Å². The minimum atomic E-state index is 0. The van der Waals surface area contributed by atoms with E-state index >= 15 is 0 Å². The standard InChI is InChI=1S/2Na.2H2OSi.O/c;;2*1-2;/h;;2*2H2;/q2*+1;;;-2. The summed E-state index contributed by atoms with van der Waals surface area (Å²) >= 11 is 0. The molecule has 0 rings (SSSR count). The van der Waals surface area contributed by atoms with E-state index in [1.807, 2.05) is 0 Å². The van der Waals surface area contributed by atoms with Crippen LogP contribution >= 0.6 is 0 Å². The smallest absolute Gasteiger partial charge is 1.00 e. The summed E-state index contributed by atoms with van der Waals surface area (Å²) in [6.07, 6.45) is 0. The minimum absolute atomic E-state index is 0. The van der Waals surface area contributed by atoms with E-state index in [1.165, 1.54) is 0 Å². The Balaban J connectivity index is -0.00000000267. The van der Waals surface area contributed by atoms with Crippen LogP contribution in [0.25, 0.3) is 0 Å². The van der Waals surface area contributed by atoms with Gasteiger partial charge in [-0.25, -0.2) is 0 Å². The van der Waals surface area contributed by atoms with Crippen LogP contribution in [-0.2, 0) is 14.4 Å². The largest absolute Gasteiger partial charge is 2.00 e. The van der Waals surface area contributed by atoms with E-state index in [4.69, 9.17) is 8.92 Å². The van der Waals surface area contributed by atoms with Crippen LogP contribution in [0.4, 0.5) is 0 Å². The van der Waals surface area contributed by atoms with Crippen LogP contribution < -0.4 is 59.1 Å². The van der Waals surface area contributed by atoms with Crippen molar-refractivity contribution in [2.24, 2.45) is 0 Å². The van der Waals surface area contributed by atoms with Gasteiger partial charge in [0.2, 0.25) is 20.3 Å². The summed E-state index contributed by atoms with van der Waals surface area (Å²) in [6, 6.07) is 0. The number of hydrogen-bond acceptors (Lipinski definition) is 2. The molecule has 0 heterocycles. The van der Waals surface area contributed by atoms with Crippen LogP contribution in [0.2, 0.25) is 0 Å². The van der Waals surface area contributed by atoms with Crippen LogP contribution in [0.5, 0.6) is 0 Å². The first kappa shape index (κ1) is 36.0. The molecule has 0 aliphatic carbocycles. The molecule has 0 unspecified atom stereocenters. The maximum atomic E-state index is 8.28. The summed E-state index contributed by atoms with van der Waals surface area (Å²) in [5, 5.41) is 0. The van der Waals surface area contributed by atoms with E-state index in [-0.39, 0.29) is 64.6 Å². The van der Waals surface area contributed by atoms with Crippen LogP contribution in [0, 0.1) is 0 Å². The van der Waals surface area contributed by atoms with Crippen molar-refractivity contribution in [3.63, 3.8) is 0 Å². The number of rotatable bonds is 0. The Labute approximate surface area is 92.5 Å². The molecule has 32 valence electrons. The SMILES string of the molecule is O=[SiH2].O=[SiH2].[Na+].[Na+].[O-2]. The van der Waals surface area contributed by atoms with Crippen LogP contribution in [-0.4, -0.2) is 20.3 Å². The molecule has 0 aromatic rings. The molecule has 0 spiro atoms. The second kappa shape index (κ2) is 98.4. The first-order valence-corrected chi connectivity index (χ1v) is 1.73. The fourth-order valence-electron chi connectivity index (χ4n) is 0. The zero-order valence-electron chi connectivity index (χ0n) is 4.64. The Bertz CT molecular complexity index is 12.9. The molecule has 0 aromatic carbocycles. The monoisotopic (exact) mass is 154 g/mol. The zero-order valence-corrected chi connectivity index (χ0v) is 11.5. The molecule has 0 fully saturated rings. The first-order valence-electron chi connectivity index (χ1n) is 0.577. The molecule has 7 heavy (non-hydrogen) atoms. The summed E-state index contributed by atoms with van der Waals surface area (Å²) in [4.78, 5) is 0. The molecule has 0 atom stereocenters. The fourth-order valence-corrected chi connectivity index (χ4v) is 0. The van der Waals surface area contributed by atoms with Gasteiger partial charge in [-0.15, -0.1) is 0 Å². The minimum Gasteiger partial charge on any atom is -2.00 e. The topological polar surface area (TPSA) is 62.6 Å². The maximum absolute atomic E-state index is 8.28. The van der Waals surface area contributed by atoms with Gasteiger partial charge in [-0.05, 0) is 0 Å². The average Bonchev–Trinajstić information content (AvgIpc) is 1.50.